The molecule has 1 rings (SSSR count). The maximum atomic E-state index is 12.0. The van der Waals surface area contributed by atoms with E-state index in [-0.39, 0.29) is 42.7 Å². The van der Waals surface area contributed by atoms with Crippen LogP contribution in [-0.4, -0.2) is 28.3 Å². The molecule has 3 N–H and O–H groups in total. The molecule has 7 heteroatoms. The molecule has 5 nitrogen and oxygen atoms in total. The lowest BCUT2D eigenvalue weighted by Gasteiger charge is -2.16. The highest BCUT2D eigenvalue weighted by atomic mass is 35.5. The number of halogens is 2. The number of amides is 1. The summed E-state index contributed by atoms with van der Waals surface area (Å²) in [4.78, 5) is 12.0. The first kappa shape index (κ1) is 21.5. The predicted molar refractivity (Wildman–Crippen MR) is 86.7 cm³/mol. The Morgan fingerprint density at radius 1 is 1.35 bits per heavy atom. The molecule has 0 saturated carbocycles. The minimum Gasteiger partial charge on any atom is -0.352 e. The minimum absolute atomic E-state index is 0. The highest BCUT2D eigenvalue weighted by Gasteiger charge is 2.19. The Kier molecular flexibility index (Phi) is 9.91. The van der Waals surface area contributed by atoms with Crippen LogP contribution in [0.25, 0.3) is 0 Å². The zero-order chi connectivity index (χ0) is 13.9. The van der Waals surface area contributed by atoms with Crippen LogP contribution in [0.1, 0.15) is 30.8 Å². The van der Waals surface area contributed by atoms with Crippen LogP contribution in [0.4, 0.5) is 0 Å². The summed E-state index contributed by atoms with van der Waals surface area (Å²) in [5.74, 6) is -0.0174. The van der Waals surface area contributed by atoms with Crippen LogP contribution in [0.2, 0.25) is 0 Å². The van der Waals surface area contributed by atoms with Crippen LogP contribution in [0.3, 0.4) is 0 Å². The first-order chi connectivity index (χ1) is 8.36. The Morgan fingerprint density at radius 3 is 2.30 bits per heavy atom. The summed E-state index contributed by atoms with van der Waals surface area (Å²) in [7, 11) is 1.92. The van der Waals surface area contributed by atoms with Gasteiger partial charge in [-0.2, -0.15) is 5.10 Å². The lowest BCUT2D eigenvalue weighted by Crippen LogP contribution is -2.41. The van der Waals surface area contributed by atoms with Gasteiger partial charge in [-0.05, 0) is 32.8 Å². The Morgan fingerprint density at radius 2 is 1.90 bits per heavy atom. The van der Waals surface area contributed by atoms with Crippen LogP contribution in [0, 0.1) is 19.8 Å². The smallest absolute Gasteiger partial charge is 0.223 e. The number of rotatable bonds is 5. The van der Waals surface area contributed by atoms with E-state index in [0.29, 0.717) is 13.0 Å². The van der Waals surface area contributed by atoms with Gasteiger partial charge >= 0.3 is 0 Å². The Labute approximate surface area is 133 Å². The van der Waals surface area contributed by atoms with Crippen molar-refractivity contribution in [3.8, 4) is 0 Å². The SMILES string of the molecule is Cc1nn(C)c(C)c1CC(C)C(=O)N[C@@H](C)CN.Cl.Cl. The number of nitrogens with zero attached hydrogens (tertiary/aromatic N) is 2. The standard InChI is InChI=1S/C13H24N4O.2ClH/c1-8(13(18)15-9(2)7-14)6-12-10(3)16-17(5)11(12)4;;/h8-9H,6-7,14H2,1-5H3,(H,15,18);2*1H/t8?,9-;;/m0../s1. The molecule has 0 aliphatic heterocycles. The fourth-order valence-corrected chi connectivity index (χ4v) is 1.96. The summed E-state index contributed by atoms with van der Waals surface area (Å²) >= 11 is 0. The molecule has 0 aliphatic carbocycles. The van der Waals surface area contributed by atoms with E-state index in [1.54, 1.807) is 0 Å². The molecule has 2 atom stereocenters. The van der Waals surface area contributed by atoms with Crippen LogP contribution < -0.4 is 11.1 Å². The zero-order valence-electron chi connectivity index (χ0n) is 12.8. The molecule has 0 aromatic carbocycles. The molecule has 1 aromatic heterocycles. The number of nitrogens with one attached hydrogen (secondary N) is 1. The molecule has 0 bridgehead atoms. The van der Waals surface area contributed by atoms with Gasteiger partial charge in [0.05, 0.1) is 5.69 Å². The van der Waals surface area contributed by atoms with Crippen molar-refractivity contribution >= 4 is 30.7 Å². The molecule has 1 amide bonds. The van der Waals surface area contributed by atoms with E-state index in [1.165, 1.54) is 5.56 Å². The molecular weight excluding hydrogens is 299 g/mol. The first-order valence-corrected chi connectivity index (χ1v) is 6.36. The largest absolute Gasteiger partial charge is 0.352 e. The van der Waals surface area contributed by atoms with Crippen molar-refractivity contribution in [3.63, 3.8) is 0 Å². The van der Waals surface area contributed by atoms with E-state index < -0.39 is 0 Å². The van der Waals surface area contributed by atoms with Crippen LogP contribution in [0.15, 0.2) is 0 Å². The summed E-state index contributed by atoms with van der Waals surface area (Å²) in [5.41, 5.74) is 8.79. The lowest BCUT2D eigenvalue weighted by atomic mass is 9.98. The summed E-state index contributed by atoms with van der Waals surface area (Å²) in [5, 5.41) is 7.27. The van der Waals surface area contributed by atoms with Gasteiger partial charge in [0.25, 0.3) is 0 Å². The monoisotopic (exact) mass is 324 g/mol. The van der Waals surface area contributed by atoms with Crippen LogP contribution in [-0.2, 0) is 18.3 Å². The highest BCUT2D eigenvalue weighted by Crippen LogP contribution is 2.17. The Hall–Kier alpha value is -0.780. The third-order valence-corrected chi connectivity index (χ3v) is 3.36. The Balaban J connectivity index is 0. The van der Waals surface area contributed by atoms with Gasteiger partial charge < -0.3 is 11.1 Å². The van der Waals surface area contributed by atoms with E-state index in [0.717, 1.165) is 11.4 Å². The van der Waals surface area contributed by atoms with Crippen molar-refractivity contribution in [2.45, 2.75) is 40.2 Å². The van der Waals surface area contributed by atoms with Gasteiger partial charge in [-0.1, -0.05) is 6.92 Å². The van der Waals surface area contributed by atoms with Crippen LogP contribution >= 0.6 is 24.8 Å². The number of carbonyl (C=O) groups excluding carboxylic acids is 1. The van der Waals surface area contributed by atoms with Crippen molar-refractivity contribution < 1.29 is 4.79 Å². The molecule has 118 valence electrons. The molecule has 1 aromatic rings. The van der Waals surface area contributed by atoms with Gasteiger partial charge in [-0.25, -0.2) is 0 Å². The second-order valence-corrected chi connectivity index (χ2v) is 5.02. The second kappa shape index (κ2) is 9.21. The van der Waals surface area contributed by atoms with Gasteiger partial charge in [0.15, 0.2) is 0 Å². The average molecular weight is 325 g/mol. The third kappa shape index (κ3) is 5.31. The van der Waals surface area contributed by atoms with Crippen molar-refractivity contribution in [2.75, 3.05) is 6.54 Å². The van der Waals surface area contributed by atoms with Crippen molar-refractivity contribution in [3.05, 3.63) is 17.0 Å². The number of aryl methyl sites for hydroxylation is 2. The molecule has 0 aliphatic rings. The summed E-state index contributed by atoms with van der Waals surface area (Å²) < 4.78 is 1.86. The fourth-order valence-electron chi connectivity index (χ4n) is 1.96. The van der Waals surface area contributed by atoms with Gasteiger partial charge in [-0.15, -0.1) is 24.8 Å². The van der Waals surface area contributed by atoms with Crippen molar-refractivity contribution in [2.24, 2.45) is 18.7 Å². The van der Waals surface area contributed by atoms with E-state index in [4.69, 9.17) is 5.73 Å². The quantitative estimate of drug-likeness (QED) is 0.862. The van der Waals surface area contributed by atoms with Gasteiger partial charge in [0.2, 0.25) is 5.91 Å². The van der Waals surface area contributed by atoms with E-state index in [2.05, 4.69) is 10.4 Å². The van der Waals surface area contributed by atoms with Crippen molar-refractivity contribution in [1.82, 2.24) is 15.1 Å². The molecular formula is C13H26Cl2N4O. The number of aromatic nitrogens is 2. The van der Waals surface area contributed by atoms with Gasteiger partial charge in [0, 0.05) is 31.2 Å². The molecule has 0 radical (unpaired) electrons. The lowest BCUT2D eigenvalue weighted by molar-refractivity contribution is -0.125. The number of hydrogen-bond acceptors (Lipinski definition) is 3. The zero-order valence-corrected chi connectivity index (χ0v) is 14.4. The second-order valence-electron chi connectivity index (χ2n) is 5.02. The maximum Gasteiger partial charge on any atom is 0.223 e. The maximum absolute atomic E-state index is 12.0. The van der Waals surface area contributed by atoms with E-state index in [9.17, 15) is 4.79 Å². The molecule has 0 fully saturated rings. The van der Waals surface area contributed by atoms with Gasteiger partial charge in [0.1, 0.15) is 0 Å². The third-order valence-electron chi connectivity index (χ3n) is 3.36. The molecule has 0 saturated heterocycles. The normalized spacial score (nSPS) is 12.9. The summed E-state index contributed by atoms with van der Waals surface area (Å²) in [6, 6.07) is 0.0241. The van der Waals surface area contributed by atoms with Crippen LogP contribution in [0.5, 0.6) is 0 Å². The Bertz CT molecular complexity index is 434. The first-order valence-electron chi connectivity index (χ1n) is 6.36. The summed E-state index contributed by atoms with van der Waals surface area (Å²) in [6.45, 7) is 8.32. The minimum atomic E-state index is -0.0689. The van der Waals surface area contributed by atoms with Gasteiger partial charge in [-0.3, -0.25) is 9.48 Å². The molecule has 1 unspecified atom stereocenters. The average Bonchev–Trinajstić information content (AvgIpc) is 2.55. The number of nitrogens with two attached hydrogens (primary N) is 1. The molecule has 1 heterocycles. The highest BCUT2D eigenvalue weighted by molar-refractivity contribution is 5.85. The molecule has 20 heavy (non-hydrogen) atoms. The van der Waals surface area contributed by atoms with Crippen molar-refractivity contribution in [1.29, 1.82) is 0 Å². The number of hydrogen-bond donors (Lipinski definition) is 2. The summed E-state index contributed by atoms with van der Waals surface area (Å²) in [6.07, 6.45) is 0.717. The predicted octanol–water partition coefficient (Wildman–Crippen LogP) is 1.52. The van der Waals surface area contributed by atoms with E-state index in [1.807, 2.05) is 39.4 Å². The number of carbonyl (C=O) groups is 1. The molecule has 0 spiro atoms. The fraction of sp³-hybridized carbons (Fsp3) is 0.692. The topological polar surface area (TPSA) is 72.9 Å². The van der Waals surface area contributed by atoms with E-state index >= 15 is 0 Å².